The maximum atomic E-state index is 13.2. The number of methoxy groups -OCH3 is 1. The quantitative estimate of drug-likeness (QED) is 0.704. The summed E-state index contributed by atoms with van der Waals surface area (Å²) in [5.41, 5.74) is 0.119. The molecule has 0 aromatic heterocycles. The Balaban J connectivity index is 2.41. The van der Waals surface area contributed by atoms with Crippen LogP contribution in [0, 0.1) is 5.92 Å². The Morgan fingerprint density at radius 1 is 1.24 bits per heavy atom. The normalized spacial score (nSPS) is 22.2. The van der Waals surface area contributed by atoms with E-state index in [1.54, 1.807) is 18.9 Å². The third-order valence-electron chi connectivity index (χ3n) is 5.71. The van der Waals surface area contributed by atoms with E-state index in [4.69, 9.17) is 9.47 Å². The standard InChI is InChI=1S/C23H32F3N3O5/c1-6-21(31)29-11-14(2)19(33-5)12-28(4)22(32)17-9-16(27-20(30)10-23(24,25)26)7-8-18(17)34-13-15(29)3/h7-9,14-15,19H,6,10-13H2,1-5H3,(H,27,30)/t14-,15+,19-/m1/s1. The zero-order valence-corrected chi connectivity index (χ0v) is 20.1. The van der Waals surface area contributed by atoms with Crippen LogP contribution in [0.15, 0.2) is 18.2 Å². The van der Waals surface area contributed by atoms with Crippen molar-refractivity contribution in [3.63, 3.8) is 0 Å². The minimum absolute atomic E-state index is 0.0396. The van der Waals surface area contributed by atoms with Crippen molar-refractivity contribution in [1.82, 2.24) is 9.80 Å². The van der Waals surface area contributed by atoms with Crippen LogP contribution >= 0.6 is 0 Å². The maximum absolute atomic E-state index is 13.2. The first-order valence-electron chi connectivity index (χ1n) is 11.1. The Morgan fingerprint density at radius 3 is 2.50 bits per heavy atom. The molecular formula is C23H32F3N3O5. The molecule has 0 radical (unpaired) electrons. The molecule has 1 aliphatic heterocycles. The van der Waals surface area contributed by atoms with Crippen molar-refractivity contribution < 1.29 is 37.0 Å². The summed E-state index contributed by atoms with van der Waals surface area (Å²) < 4.78 is 49.0. The van der Waals surface area contributed by atoms with Gasteiger partial charge in [-0.25, -0.2) is 0 Å². The third kappa shape index (κ3) is 7.34. The minimum Gasteiger partial charge on any atom is -0.491 e. The van der Waals surface area contributed by atoms with Crippen LogP contribution in [-0.2, 0) is 14.3 Å². The monoisotopic (exact) mass is 487 g/mol. The van der Waals surface area contributed by atoms with Crippen LogP contribution < -0.4 is 10.1 Å². The summed E-state index contributed by atoms with van der Waals surface area (Å²) in [6.07, 6.45) is -6.33. The number of alkyl halides is 3. The Morgan fingerprint density at radius 2 is 1.91 bits per heavy atom. The second-order valence-corrected chi connectivity index (χ2v) is 8.55. The number of anilines is 1. The highest BCUT2D eigenvalue weighted by Crippen LogP contribution is 2.27. The van der Waals surface area contributed by atoms with Gasteiger partial charge in [0.05, 0.1) is 17.7 Å². The van der Waals surface area contributed by atoms with Gasteiger partial charge in [-0.15, -0.1) is 0 Å². The lowest BCUT2D eigenvalue weighted by Gasteiger charge is -2.36. The van der Waals surface area contributed by atoms with Gasteiger partial charge >= 0.3 is 6.18 Å². The van der Waals surface area contributed by atoms with Gasteiger partial charge in [-0.05, 0) is 25.1 Å². The summed E-state index contributed by atoms with van der Waals surface area (Å²) in [5, 5.41) is 2.17. The first kappa shape index (κ1) is 27.4. The van der Waals surface area contributed by atoms with Gasteiger partial charge in [-0.1, -0.05) is 13.8 Å². The number of benzene rings is 1. The van der Waals surface area contributed by atoms with Crippen LogP contribution in [0.3, 0.4) is 0 Å². The second kappa shape index (κ2) is 11.5. The predicted molar refractivity (Wildman–Crippen MR) is 120 cm³/mol. The molecule has 0 saturated carbocycles. The number of ether oxygens (including phenoxy) is 2. The molecule has 2 rings (SSSR count). The third-order valence-corrected chi connectivity index (χ3v) is 5.71. The molecule has 1 heterocycles. The number of nitrogens with zero attached hydrogens (tertiary/aromatic N) is 2. The van der Waals surface area contributed by atoms with Crippen molar-refractivity contribution in [3.05, 3.63) is 23.8 Å². The van der Waals surface area contributed by atoms with E-state index >= 15 is 0 Å². The number of fused-ring (bicyclic) bond motifs is 1. The zero-order chi connectivity index (χ0) is 25.6. The van der Waals surface area contributed by atoms with Crippen LogP contribution in [0.5, 0.6) is 5.75 Å². The second-order valence-electron chi connectivity index (χ2n) is 8.55. The fourth-order valence-corrected chi connectivity index (χ4v) is 3.79. The molecule has 34 heavy (non-hydrogen) atoms. The molecule has 0 bridgehead atoms. The summed E-state index contributed by atoms with van der Waals surface area (Å²) in [7, 11) is 3.11. The maximum Gasteiger partial charge on any atom is 0.397 e. The van der Waals surface area contributed by atoms with E-state index in [0.29, 0.717) is 13.0 Å². The number of likely N-dealkylation sites (N-methyl/N-ethyl adjacent to an activating group) is 1. The van der Waals surface area contributed by atoms with E-state index < -0.39 is 24.4 Å². The number of hydrogen-bond acceptors (Lipinski definition) is 5. The number of carbonyl (C=O) groups excluding carboxylic acids is 3. The number of halogens is 3. The molecule has 1 aromatic carbocycles. The zero-order valence-electron chi connectivity index (χ0n) is 20.1. The number of carbonyl (C=O) groups is 3. The number of amides is 3. The predicted octanol–water partition coefficient (Wildman–Crippen LogP) is 3.32. The average Bonchev–Trinajstić information content (AvgIpc) is 2.76. The van der Waals surface area contributed by atoms with Gasteiger partial charge in [-0.3, -0.25) is 14.4 Å². The molecule has 1 N–H and O–H groups in total. The Kier molecular flexibility index (Phi) is 9.31. The highest BCUT2D eigenvalue weighted by molar-refractivity contribution is 5.99. The van der Waals surface area contributed by atoms with Crippen LogP contribution in [0.25, 0.3) is 0 Å². The molecule has 0 aliphatic carbocycles. The highest BCUT2D eigenvalue weighted by Gasteiger charge is 2.32. The molecule has 190 valence electrons. The number of hydrogen-bond donors (Lipinski definition) is 1. The minimum atomic E-state index is -4.65. The molecule has 8 nitrogen and oxygen atoms in total. The summed E-state index contributed by atoms with van der Waals surface area (Å²) in [4.78, 5) is 40.7. The van der Waals surface area contributed by atoms with Crippen LogP contribution in [-0.4, -0.2) is 79.7 Å². The fourth-order valence-electron chi connectivity index (χ4n) is 3.79. The Bertz CT molecular complexity index is 893. The SMILES string of the molecule is CCC(=O)N1C[C@@H](C)[C@H](OC)CN(C)C(=O)c2cc(NC(=O)CC(F)(F)F)ccc2OC[C@@H]1C. The van der Waals surface area contributed by atoms with Crippen LogP contribution in [0.2, 0.25) is 0 Å². The van der Waals surface area contributed by atoms with Crippen molar-refractivity contribution in [1.29, 1.82) is 0 Å². The van der Waals surface area contributed by atoms with Crippen LogP contribution in [0.4, 0.5) is 18.9 Å². The van der Waals surface area contributed by atoms with Crippen molar-refractivity contribution in [2.24, 2.45) is 5.92 Å². The number of nitrogens with one attached hydrogen (secondary N) is 1. The largest absolute Gasteiger partial charge is 0.491 e. The highest BCUT2D eigenvalue weighted by atomic mass is 19.4. The summed E-state index contributed by atoms with van der Waals surface area (Å²) in [6, 6.07) is 3.77. The van der Waals surface area contributed by atoms with Crippen molar-refractivity contribution in [2.45, 2.75) is 51.9 Å². The number of rotatable bonds is 4. The van der Waals surface area contributed by atoms with Crippen molar-refractivity contribution in [2.75, 3.05) is 39.2 Å². The molecule has 0 spiro atoms. The molecule has 1 aromatic rings. The van der Waals surface area contributed by atoms with Gasteiger partial charge in [0.1, 0.15) is 18.8 Å². The first-order chi connectivity index (χ1) is 15.9. The molecule has 3 amide bonds. The smallest absolute Gasteiger partial charge is 0.397 e. The molecule has 0 unspecified atom stereocenters. The van der Waals surface area contributed by atoms with Crippen molar-refractivity contribution >= 4 is 23.4 Å². The van der Waals surface area contributed by atoms with Gasteiger partial charge < -0.3 is 24.6 Å². The van der Waals surface area contributed by atoms with E-state index in [9.17, 15) is 27.6 Å². The lowest BCUT2D eigenvalue weighted by molar-refractivity contribution is -0.150. The van der Waals surface area contributed by atoms with E-state index in [2.05, 4.69) is 5.32 Å². The van der Waals surface area contributed by atoms with Gasteiger partial charge in [0.25, 0.3) is 5.91 Å². The Labute approximate surface area is 197 Å². The van der Waals surface area contributed by atoms with Gasteiger partial charge in [0.15, 0.2) is 0 Å². The van der Waals surface area contributed by atoms with Gasteiger partial charge in [0.2, 0.25) is 11.8 Å². The molecule has 0 fully saturated rings. The average molecular weight is 488 g/mol. The Hall–Kier alpha value is -2.82. The summed E-state index contributed by atoms with van der Waals surface area (Å²) in [5.74, 6) is -1.61. The molecule has 11 heteroatoms. The lowest BCUT2D eigenvalue weighted by atomic mass is 10.0. The summed E-state index contributed by atoms with van der Waals surface area (Å²) >= 11 is 0. The van der Waals surface area contributed by atoms with E-state index in [-0.39, 0.29) is 54.1 Å². The molecule has 0 saturated heterocycles. The molecular weight excluding hydrogens is 455 g/mol. The fraction of sp³-hybridized carbons (Fsp3) is 0.609. The topological polar surface area (TPSA) is 88.2 Å². The van der Waals surface area contributed by atoms with Gasteiger partial charge in [-0.2, -0.15) is 13.2 Å². The van der Waals surface area contributed by atoms with E-state index in [1.807, 2.05) is 13.8 Å². The van der Waals surface area contributed by atoms with E-state index in [0.717, 1.165) is 0 Å². The molecule has 3 atom stereocenters. The summed E-state index contributed by atoms with van der Waals surface area (Å²) in [6.45, 7) is 6.29. The van der Waals surface area contributed by atoms with Crippen molar-refractivity contribution in [3.8, 4) is 5.75 Å². The van der Waals surface area contributed by atoms with Crippen LogP contribution in [0.1, 0.15) is 44.0 Å². The van der Waals surface area contributed by atoms with E-state index in [1.165, 1.54) is 30.2 Å². The van der Waals surface area contributed by atoms with Gasteiger partial charge in [0, 0.05) is 45.3 Å². The molecule has 1 aliphatic rings. The first-order valence-corrected chi connectivity index (χ1v) is 11.1. The lowest BCUT2D eigenvalue weighted by Crippen LogP contribution is -2.48.